The van der Waals surface area contributed by atoms with E-state index >= 15 is 0 Å². The van der Waals surface area contributed by atoms with Gasteiger partial charge in [-0.3, -0.25) is 11.3 Å². The van der Waals surface area contributed by atoms with Crippen LogP contribution in [-0.2, 0) is 11.8 Å². The van der Waals surface area contributed by atoms with Gasteiger partial charge in [-0.15, -0.1) is 0 Å². The maximum Gasteiger partial charge on any atom is 0.0347 e. The number of benzene rings is 2. The largest absolute Gasteiger partial charge is 0.271 e. The Morgan fingerprint density at radius 3 is 2.05 bits per heavy atom. The van der Waals surface area contributed by atoms with E-state index in [0.29, 0.717) is 6.04 Å². The molecule has 0 radical (unpaired) electrons. The van der Waals surface area contributed by atoms with Gasteiger partial charge in [-0.2, -0.15) is 0 Å². The van der Waals surface area contributed by atoms with Crippen molar-refractivity contribution in [1.82, 2.24) is 5.43 Å². The van der Waals surface area contributed by atoms with E-state index in [9.17, 15) is 0 Å². The molecule has 0 amide bonds. The molecule has 0 saturated heterocycles. The molecule has 0 bridgehead atoms. The van der Waals surface area contributed by atoms with Crippen molar-refractivity contribution in [3.8, 4) is 0 Å². The third-order valence-corrected chi connectivity index (χ3v) is 4.75. The average Bonchev–Trinajstić information content (AvgIpc) is 2.47. The van der Waals surface area contributed by atoms with E-state index in [1.165, 1.54) is 30.4 Å². The molecule has 0 spiro atoms. The van der Waals surface area contributed by atoms with Gasteiger partial charge in [0.05, 0.1) is 0 Å². The molecule has 2 nitrogen and oxygen atoms in total. The number of nitrogens with two attached hydrogens (primary N) is 1. The van der Waals surface area contributed by atoms with E-state index in [1.54, 1.807) is 0 Å². The Morgan fingerprint density at radius 1 is 0.950 bits per heavy atom. The molecule has 0 aromatic heterocycles. The molecule has 1 saturated carbocycles. The first-order valence-electron chi connectivity index (χ1n) is 7.41. The molecular weight excluding hydrogens is 244 g/mol. The van der Waals surface area contributed by atoms with Crippen LogP contribution >= 0.6 is 0 Å². The molecule has 2 aromatic carbocycles. The van der Waals surface area contributed by atoms with Crippen LogP contribution in [0, 0.1) is 0 Å². The number of hydrazine groups is 1. The van der Waals surface area contributed by atoms with Crippen LogP contribution in [0.2, 0.25) is 0 Å². The van der Waals surface area contributed by atoms with Crippen LogP contribution in [-0.4, -0.2) is 6.04 Å². The number of rotatable bonds is 5. The molecule has 0 heterocycles. The lowest BCUT2D eigenvalue weighted by molar-refractivity contribution is 0.168. The van der Waals surface area contributed by atoms with Gasteiger partial charge in [0.2, 0.25) is 0 Å². The van der Waals surface area contributed by atoms with E-state index in [4.69, 9.17) is 5.84 Å². The Bertz CT molecular complexity index is 532. The van der Waals surface area contributed by atoms with Crippen LogP contribution in [0.4, 0.5) is 0 Å². The summed E-state index contributed by atoms with van der Waals surface area (Å²) >= 11 is 0. The minimum absolute atomic E-state index is 0.200. The Morgan fingerprint density at radius 2 is 1.55 bits per heavy atom. The normalized spacial score (nSPS) is 18.2. The Hall–Kier alpha value is -1.64. The van der Waals surface area contributed by atoms with Gasteiger partial charge in [0.15, 0.2) is 0 Å². The summed E-state index contributed by atoms with van der Waals surface area (Å²) in [6, 6.07) is 21.7. The van der Waals surface area contributed by atoms with Gasteiger partial charge >= 0.3 is 0 Å². The van der Waals surface area contributed by atoms with Crippen molar-refractivity contribution in [2.45, 2.75) is 37.1 Å². The fraction of sp³-hybridized carbons (Fsp3) is 0.333. The first kappa shape index (κ1) is 13.3. The second-order valence-electron chi connectivity index (χ2n) is 5.78. The van der Waals surface area contributed by atoms with Gasteiger partial charge in [0.1, 0.15) is 0 Å². The minimum Gasteiger partial charge on any atom is -0.271 e. The number of hydrogen-bond donors (Lipinski definition) is 2. The number of nitrogens with one attached hydrogen (secondary N) is 1. The van der Waals surface area contributed by atoms with Crippen LogP contribution in [0.1, 0.15) is 30.4 Å². The van der Waals surface area contributed by atoms with E-state index in [0.717, 1.165) is 6.42 Å². The lowest BCUT2D eigenvalue weighted by Crippen LogP contribution is -2.56. The average molecular weight is 266 g/mol. The highest BCUT2D eigenvalue weighted by Gasteiger charge is 2.44. The van der Waals surface area contributed by atoms with Gasteiger partial charge in [0, 0.05) is 11.5 Å². The molecule has 3 N–H and O–H groups in total. The second kappa shape index (κ2) is 5.78. The summed E-state index contributed by atoms with van der Waals surface area (Å²) in [5, 5.41) is 0. The van der Waals surface area contributed by atoms with Crippen molar-refractivity contribution in [3.63, 3.8) is 0 Å². The Labute approximate surface area is 121 Å². The summed E-state index contributed by atoms with van der Waals surface area (Å²) in [5.74, 6) is 5.90. The van der Waals surface area contributed by atoms with Crippen LogP contribution in [0.3, 0.4) is 0 Å². The molecule has 3 rings (SSSR count). The molecule has 1 aliphatic carbocycles. The van der Waals surface area contributed by atoms with Crippen molar-refractivity contribution in [2.75, 3.05) is 0 Å². The van der Waals surface area contributed by atoms with Crippen LogP contribution < -0.4 is 11.3 Å². The predicted octanol–water partition coefficient (Wildman–Crippen LogP) is 3.18. The van der Waals surface area contributed by atoms with E-state index in [-0.39, 0.29) is 5.41 Å². The highest BCUT2D eigenvalue weighted by Crippen LogP contribution is 2.47. The molecular formula is C18H22N2. The van der Waals surface area contributed by atoms with E-state index in [1.807, 2.05) is 0 Å². The lowest BCUT2D eigenvalue weighted by atomic mass is 9.59. The third-order valence-electron chi connectivity index (χ3n) is 4.75. The van der Waals surface area contributed by atoms with Gasteiger partial charge in [-0.25, -0.2) is 0 Å². The fourth-order valence-corrected chi connectivity index (χ4v) is 3.43. The molecule has 20 heavy (non-hydrogen) atoms. The summed E-state index contributed by atoms with van der Waals surface area (Å²) in [6.07, 6.45) is 4.71. The molecule has 104 valence electrons. The first-order valence-corrected chi connectivity index (χ1v) is 7.41. The quantitative estimate of drug-likeness (QED) is 0.644. The molecule has 1 aliphatic rings. The molecule has 2 heteroatoms. The molecule has 1 unspecified atom stereocenters. The molecule has 1 atom stereocenters. The topological polar surface area (TPSA) is 38.0 Å². The summed E-state index contributed by atoms with van der Waals surface area (Å²) in [6.45, 7) is 0. The van der Waals surface area contributed by atoms with Gasteiger partial charge < -0.3 is 0 Å². The van der Waals surface area contributed by atoms with Crippen molar-refractivity contribution >= 4 is 0 Å². The highest BCUT2D eigenvalue weighted by atomic mass is 15.2. The SMILES string of the molecule is NNC(Cc1ccccc1)C1(c2ccccc2)CCC1. The number of hydrogen-bond acceptors (Lipinski definition) is 2. The summed E-state index contributed by atoms with van der Waals surface area (Å²) in [4.78, 5) is 0. The van der Waals surface area contributed by atoms with Gasteiger partial charge in [-0.05, 0) is 30.4 Å². The summed E-state index contributed by atoms with van der Waals surface area (Å²) in [7, 11) is 0. The molecule has 1 fully saturated rings. The Balaban J connectivity index is 1.87. The maximum atomic E-state index is 5.90. The van der Waals surface area contributed by atoms with E-state index < -0.39 is 0 Å². The van der Waals surface area contributed by atoms with Crippen molar-refractivity contribution in [3.05, 3.63) is 71.8 Å². The van der Waals surface area contributed by atoms with Crippen molar-refractivity contribution in [1.29, 1.82) is 0 Å². The van der Waals surface area contributed by atoms with Crippen LogP contribution in [0.15, 0.2) is 60.7 Å². The van der Waals surface area contributed by atoms with E-state index in [2.05, 4.69) is 66.1 Å². The van der Waals surface area contributed by atoms with Crippen LogP contribution in [0.5, 0.6) is 0 Å². The zero-order chi connectivity index (χ0) is 13.8. The van der Waals surface area contributed by atoms with Crippen molar-refractivity contribution < 1.29 is 0 Å². The monoisotopic (exact) mass is 266 g/mol. The molecule has 2 aromatic rings. The van der Waals surface area contributed by atoms with Gasteiger partial charge in [0.25, 0.3) is 0 Å². The first-order chi connectivity index (χ1) is 9.85. The predicted molar refractivity (Wildman–Crippen MR) is 83.2 cm³/mol. The highest BCUT2D eigenvalue weighted by molar-refractivity contribution is 5.32. The molecule has 0 aliphatic heterocycles. The van der Waals surface area contributed by atoms with Crippen LogP contribution in [0.25, 0.3) is 0 Å². The Kier molecular flexibility index (Phi) is 3.86. The zero-order valence-corrected chi connectivity index (χ0v) is 11.8. The minimum atomic E-state index is 0.200. The van der Waals surface area contributed by atoms with Crippen molar-refractivity contribution in [2.24, 2.45) is 5.84 Å². The standard InChI is InChI=1S/C18H22N2/c19-20-17(14-15-8-3-1-4-9-15)18(12-7-13-18)16-10-5-2-6-11-16/h1-6,8-11,17,20H,7,12-14,19H2. The smallest absolute Gasteiger partial charge is 0.0347 e. The third kappa shape index (κ3) is 2.37. The maximum absolute atomic E-state index is 5.90. The second-order valence-corrected chi connectivity index (χ2v) is 5.78. The lowest BCUT2D eigenvalue weighted by Gasteiger charge is -2.48. The summed E-state index contributed by atoms with van der Waals surface area (Å²) < 4.78 is 0. The van der Waals surface area contributed by atoms with Gasteiger partial charge in [-0.1, -0.05) is 67.1 Å². The summed E-state index contributed by atoms with van der Waals surface area (Å²) in [5.41, 5.74) is 6.06. The fourth-order valence-electron chi connectivity index (χ4n) is 3.43. The zero-order valence-electron chi connectivity index (χ0n) is 11.8.